The number of carbonyl (C=O) groups is 2. The van der Waals surface area contributed by atoms with Crippen molar-refractivity contribution in [1.29, 1.82) is 0 Å². The van der Waals surface area contributed by atoms with Gasteiger partial charge in [0.05, 0.1) is 0 Å². The predicted octanol–water partition coefficient (Wildman–Crippen LogP) is 4.16. The highest BCUT2D eigenvalue weighted by molar-refractivity contribution is 6.01. The van der Waals surface area contributed by atoms with Gasteiger partial charge in [0.15, 0.2) is 0 Å². The summed E-state index contributed by atoms with van der Waals surface area (Å²) < 4.78 is 0. The second-order valence-electron chi connectivity index (χ2n) is 7.41. The van der Waals surface area contributed by atoms with E-state index in [1.54, 1.807) is 12.1 Å². The fourth-order valence-electron chi connectivity index (χ4n) is 3.77. The fraction of sp³-hybridized carbons (Fsp3) is 0.200. The van der Waals surface area contributed by atoms with Gasteiger partial charge in [-0.1, -0.05) is 54.6 Å². The zero-order chi connectivity index (χ0) is 20.1. The Bertz CT molecular complexity index is 1000. The lowest BCUT2D eigenvalue weighted by Gasteiger charge is -2.19. The molecule has 4 rings (SSSR count). The zero-order valence-electron chi connectivity index (χ0n) is 16.2. The van der Waals surface area contributed by atoms with Crippen molar-refractivity contribution in [3.05, 3.63) is 101 Å². The van der Waals surface area contributed by atoms with Crippen molar-refractivity contribution in [3.8, 4) is 0 Å². The van der Waals surface area contributed by atoms with Crippen LogP contribution in [0.1, 0.15) is 33.5 Å². The average Bonchev–Trinajstić information content (AvgIpc) is 3.22. The maximum Gasteiger partial charge on any atom is 0.251 e. The second-order valence-corrected chi connectivity index (χ2v) is 7.41. The summed E-state index contributed by atoms with van der Waals surface area (Å²) in [5, 5.41) is 5.90. The molecule has 0 aliphatic heterocycles. The number of hydrogen-bond donors (Lipinski definition) is 2. The van der Waals surface area contributed by atoms with Crippen LogP contribution in [-0.4, -0.2) is 17.9 Å². The lowest BCUT2D eigenvalue weighted by Crippen LogP contribution is -2.45. The molecule has 0 saturated carbocycles. The van der Waals surface area contributed by atoms with E-state index in [1.165, 1.54) is 11.1 Å². The molecular formula is C25H24N2O2. The monoisotopic (exact) mass is 384 g/mol. The van der Waals surface area contributed by atoms with Crippen molar-refractivity contribution >= 4 is 17.5 Å². The Morgan fingerprint density at radius 3 is 2.28 bits per heavy atom. The molecule has 29 heavy (non-hydrogen) atoms. The third-order valence-corrected chi connectivity index (χ3v) is 5.31. The Balaban J connectivity index is 1.52. The maximum absolute atomic E-state index is 13.1. The Kier molecular flexibility index (Phi) is 5.71. The summed E-state index contributed by atoms with van der Waals surface area (Å²) in [6.07, 6.45) is 3.75. The lowest BCUT2D eigenvalue weighted by atomic mass is 10.0. The normalized spacial score (nSPS) is 13.4. The smallest absolute Gasteiger partial charge is 0.251 e. The summed E-state index contributed by atoms with van der Waals surface area (Å²) in [7, 11) is 0. The van der Waals surface area contributed by atoms with E-state index >= 15 is 0 Å². The summed E-state index contributed by atoms with van der Waals surface area (Å²) >= 11 is 0. The Hall–Kier alpha value is -3.40. The Morgan fingerprint density at radius 1 is 0.828 bits per heavy atom. The quantitative estimate of drug-likeness (QED) is 0.671. The van der Waals surface area contributed by atoms with Crippen LogP contribution >= 0.6 is 0 Å². The molecule has 0 aromatic heterocycles. The molecule has 146 valence electrons. The largest absolute Gasteiger partial charge is 0.340 e. The van der Waals surface area contributed by atoms with E-state index in [0.717, 1.165) is 30.5 Å². The van der Waals surface area contributed by atoms with Crippen molar-refractivity contribution < 1.29 is 9.59 Å². The topological polar surface area (TPSA) is 58.2 Å². The number of amides is 2. The first kappa shape index (κ1) is 18.9. The van der Waals surface area contributed by atoms with Crippen molar-refractivity contribution in [2.45, 2.75) is 31.7 Å². The number of aryl methyl sites for hydroxylation is 2. The van der Waals surface area contributed by atoms with Gasteiger partial charge in [-0.05, 0) is 60.2 Å². The van der Waals surface area contributed by atoms with Gasteiger partial charge in [-0.25, -0.2) is 0 Å². The summed E-state index contributed by atoms with van der Waals surface area (Å²) in [5.41, 5.74) is 4.98. The Labute approximate surface area is 171 Å². The van der Waals surface area contributed by atoms with E-state index in [-0.39, 0.29) is 11.8 Å². The minimum Gasteiger partial charge on any atom is -0.340 e. The molecule has 1 aliphatic carbocycles. The summed E-state index contributed by atoms with van der Waals surface area (Å²) in [6, 6.07) is 24.1. The highest BCUT2D eigenvalue weighted by Crippen LogP contribution is 2.25. The van der Waals surface area contributed by atoms with Crippen molar-refractivity contribution in [2.24, 2.45) is 0 Å². The molecule has 4 nitrogen and oxygen atoms in total. The first-order chi connectivity index (χ1) is 14.2. The van der Waals surface area contributed by atoms with Gasteiger partial charge in [0.25, 0.3) is 5.91 Å². The van der Waals surface area contributed by atoms with Crippen LogP contribution in [0, 0.1) is 0 Å². The molecule has 2 amide bonds. The minimum absolute atomic E-state index is 0.212. The standard InChI is InChI=1S/C25H24N2O2/c28-24(20-10-5-2-6-11-20)27-23(16-18-8-3-1-4-9-18)25(29)26-22-15-14-19-12-7-13-21(19)17-22/h1-6,8-11,14-15,17,23H,7,12-13,16H2,(H,26,29)(H,27,28)/t23-/m0/s1. The number of carbonyl (C=O) groups excluding carboxylic acids is 2. The predicted molar refractivity (Wildman–Crippen MR) is 115 cm³/mol. The van der Waals surface area contributed by atoms with Crippen molar-refractivity contribution in [2.75, 3.05) is 5.32 Å². The van der Waals surface area contributed by atoms with Crippen LogP contribution in [0.3, 0.4) is 0 Å². The van der Waals surface area contributed by atoms with E-state index in [0.29, 0.717) is 12.0 Å². The molecule has 0 fully saturated rings. The molecular weight excluding hydrogens is 360 g/mol. The van der Waals surface area contributed by atoms with Gasteiger partial charge in [0.1, 0.15) is 6.04 Å². The van der Waals surface area contributed by atoms with Gasteiger partial charge >= 0.3 is 0 Å². The van der Waals surface area contributed by atoms with Crippen LogP contribution in [0.15, 0.2) is 78.9 Å². The second kappa shape index (κ2) is 8.74. The third kappa shape index (κ3) is 4.72. The maximum atomic E-state index is 13.1. The lowest BCUT2D eigenvalue weighted by molar-refractivity contribution is -0.118. The molecule has 0 bridgehead atoms. The highest BCUT2D eigenvalue weighted by Gasteiger charge is 2.22. The molecule has 0 unspecified atom stereocenters. The van der Waals surface area contributed by atoms with E-state index in [4.69, 9.17) is 0 Å². The van der Waals surface area contributed by atoms with Gasteiger partial charge in [-0.3, -0.25) is 9.59 Å². The van der Waals surface area contributed by atoms with Crippen LogP contribution in [0.25, 0.3) is 0 Å². The van der Waals surface area contributed by atoms with Gasteiger partial charge in [0, 0.05) is 17.7 Å². The molecule has 1 atom stereocenters. The van der Waals surface area contributed by atoms with E-state index in [9.17, 15) is 9.59 Å². The minimum atomic E-state index is -0.668. The first-order valence-corrected chi connectivity index (χ1v) is 10.0. The summed E-state index contributed by atoms with van der Waals surface area (Å²) in [5.74, 6) is -0.466. The molecule has 4 heteroatoms. The van der Waals surface area contributed by atoms with Crippen LogP contribution in [0.2, 0.25) is 0 Å². The van der Waals surface area contributed by atoms with Crippen LogP contribution in [0.4, 0.5) is 5.69 Å². The average molecular weight is 384 g/mol. The third-order valence-electron chi connectivity index (χ3n) is 5.31. The number of benzene rings is 3. The van der Waals surface area contributed by atoms with Crippen molar-refractivity contribution in [3.63, 3.8) is 0 Å². The summed E-state index contributed by atoms with van der Waals surface area (Å²) in [6.45, 7) is 0. The van der Waals surface area contributed by atoms with Gasteiger partial charge in [-0.15, -0.1) is 0 Å². The molecule has 0 saturated heterocycles. The van der Waals surface area contributed by atoms with E-state index < -0.39 is 6.04 Å². The molecule has 0 radical (unpaired) electrons. The Morgan fingerprint density at radius 2 is 1.52 bits per heavy atom. The van der Waals surface area contributed by atoms with Crippen molar-refractivity contribution in [1.82, 2.24) is 5.32 Å². The fourth-order valence-corrected chi connectivity index (χ4v) is 3.77. The molecule has 3 aromatic carbocycles. The number of hydrogen-bond acceptors (Lipinski definition) is 2. The number of fused-ring (bicyclic) bond motifs is 1. The molecule has 0 spiro atoms. The van der Waals surface area contributed by atoms with E-state index in [1.807, 2.05) is 54.6 Å². The van der Waals surface area contributed by atoms with Gasteiger partial charge in [0.2, 0.25) is 5.91 Å². The zero-order valence-corrected chi connectivity index (χ0v) is 16.2. The van der Waals surface area contributed by atoms with Crippen LogP contribution < -0.4 is 10.6 Å². The van der Waals surface area contributed by atoms with Gasteiger partial charge < -0.3 is 10.6 Å². The molecule has 1 aliphatic rings. The van der Waals surface area contributed by atoms with Crippen LogP contribution in [-0.2, 0) is 24.1 Å². The number of anilines is 1. The van der Waals surface area contributed by atoms with Gasteiger partial charge in [-0.2, -0.15) is 0 Å². The SMILES string of the molecule is O=C(N[C@@H](Cc1ccccc1)C(=O)Nc1ccc2c(c1)CCC2)c1ccccc1. The van der Waals surface area contributed by atoms with E-state index in [2.05, 4.69) is 22.8 Å². The molecule has 0 heterocycles. The highest BCUT2D eigenvalue weighted by atomic mass is 16.2. The summed E-state index contributed by atoms with van der Waals surface area (Å²) in [4.78, 5) is 25.7. The number of rotatable bonds is 6. The first-order valence-electron chi connectivity index (χ1n) is 10.0. The molecule has 3 aromatic rings. The van der Waals surface area contributed by atoms with Crippen LogP contribution in [0.5, 0.6) is 0 Å². The number of nitrogens with one attached hydrogen (secondary N) is 2. The molecule has 2 N–H and O–H groups in total.